The number of aliphatic hydroxyl groups is 2. The van der Waals surface area contributed by atoms with Crippen LogP contribution in [0.2, 0.25) is 0 Å². The first-order chi connectivity index (χ1) is 13.0. The van der Waals surface area contributed by atoms with Gasteiger partial charge in [0.2, 0.25) is 0 Å². The highest BCUT2D eigenvalue weighted by molar-refractivity contribution is 5.84. The topological polar surface area (TPSA) is 94.8 Å². The van der Waals surface area contributed by atoms with E-state index in [1.165, 1.54) is 0 Å². The van der Waals surface area contributed by atoms with Crippen LogP contribution in [0.25, 0.3) is 0 Å². The summed E-state index contributed by atoms with van der Waals surface area (Å²) in [4.78, 5) is 22.1. The van der Waals surface area contributed by atoms with E-state index in [-0.39, 0.29) is 30.5 Å². The highest BCUT2D eigenvalue weighted by Gasteiger charge is 2.38. The zero-order chi connectivity index (χ0) is 20.1. The van der Waals surface area contributed by atoms with Crippen LogP contribution in [0.1, 0.15) is 51.9 Å². The average Bonchev–Trinajstić information content (AvgIpc) is 2.90. The highest BCUT2D eigenvalue weighted by Crippen LogP contribution is 2.32. The molecule has 0 spiro atoms. The van der Waals surface area contributed by atoms with Gasteiger partial charge in [-0.25, -0.2) is 0 Å². The summed E-state index contributed by atoms with van der Waals surface area (Å²) in [5, 5.41) is 28.5. The number of hydrogen-bond acceptors (Lipinski definition) is 4. The fourth-order valence-electron chi connectivity index (χ4n) is 3.18. The van der Waals surface area contributed by atoms with Gasteiger partial charge in [0.1, 0.15) is 5.78 Å². The Morgan fingerprint density at radius 3 is 2.41 bits per heavy atom. The van der Waals surface area contributed by atoms with Gasteiger partial charge in [-0.2, -0.15) is 0 Å². The fraction of sp³-hybridized carbons (Fsp3) is 0.545. The number of carbonyl (C=O) groups is 2. The lowest BCUT2D eigenvalue weighted by atomic mass is 9.91. The summed E-state index contributed by atoms with van der Waals surface area (Å²) in [6.45, 7) is 1.94. The molecule has 1 saturated carbocycles. The number of ketones is 1. The molecule has 0 aliphatic heterocycles. The van der Waals surface area contributed by atoms with Gasteiger partial charge in [-0.15, -0.1) is 0 Å². The molecule has 5 nitrogen and oxygen atoms in total. The van der Waals surface area contributed by atoms with Crippen molar-refractivity contribution < 1.29 is 24.9 Å². The molecule has 0 aromatic rings. The second-order valence-electron chi connectivity index (χ2n) is 6.84. The average molecular weight is 376 g/mol. The molecule has 150 valence electrons. The lowest BCUT2D eigenvalue weighted by Gasteiger charge is -2.16. The molecule has 5 heteroatoms. The van der Waals surface area contributed by atoms with E-state index in [9.17, 15) is 19.8 Å². The van der Waals surface area contributed by atoms with Gasteiger partial charge in [-0.05, 0) is 32.1 Å². The van der Waals surface area contributed by atoms with E-state index in [0.717, 1.165) is 12.8 Å². The third kappa shape index (κ3) is 9.50. The van der Waals surface area contributed by atoms with Gasteiger partial charge in [0.25, 0.3) is 0 Å². The maximum Gasteiger partial charge on any atom is 0.303 e. The van der Waals surface area contributed by atoms with Crippen molar-refractivity contribution in [2.24, 2.45) is 11.8 Å². The molecule has 0 bridgehead atoms. The van der Waals surface area contributed by atoms with Crippen LogP contribution in [-0.4, -0.2) is 39.3 Å². The Morgan fingerprint density at radius 2 is 1.78 bits per heavy atom. The molecule has 0 aromatic heterocycles. The minimum Gasteiger partial charge on any atom is -0.481 e. The van der Waals surface area contributed by atoms with Crippen molar-refractivity contribution in [3.63, 3.8) is 0 Å². The lowest BCUT2D eigenvalue weighted by Crippen LogP contribution is -2.18. The molecular weight excluding hydrogens is 344 g/mol. The minimum atomic E-state index is -0.782. The van der Waals surface area contributed by atoms with E-state index >= 15 is 0 Å². The number of hydrogen-bond donors (Lipinski definition) is 3. The summed E-state index contributed by atoms with van der Waals surface area (Å²) in [5.41, 5.74) is 0. The second-order valence-corrected chi connectivity index (χ2v) is 6.84. The van der Waals surface area contributed by atoms with Gasteiger partial charge in [0, 0.05) is 24.7 Å². The third-order valence-corrected chi connectivity index (χ3v) is 4.67. The van der Waals surface area contributed by atoms with Gasteiger partial charge in [0.05, 0.1) is 12.2 Å². The van der Waals surface area contributed by atoms with Gasteiger partial charge >= 0.3 is 5.97 Å². The maximum absolute atomic E-state index is 11.8. The van der Waals surface area contributed by atoms with Crippen LogP contribution in [0.4, 0.5) is 0 Å². The molecule has 27 heavy (non-hydrogen) atoms. The van der Waals surface area contributed by atoms with Crippen LogP contribution < -0.4 is 0 Å². The summed E-state index contributed by atoms with van der Waals surface area (Å²) in [7, 11) is 0. The lowest BCUT2D eigenvalue weighted by molar-refractivity contribution is -0.136. The van der Waals surface area contributed by atoms with Crippen molar-refractivity contribution in [3.05, 3.63) is 48.6 Å². The second kappa shape index (κ2) is 13.2. The highest BCUT2D eigenvalue weighted by atomic mass is 16.4. The Bertz CT molecular complexity index is 573. The predicted molar refractivity (Wildman–Crippen MR) is 106 cm³/mol. The number of aliphatic carboxylic acids is 1. The smallest absolute Gasteiger partial charge is 0.303 e. The van der Waals surface area contributed by atoms with Gasteiger partial charge in [0.15, 0.2) is 0 Å². The van der Waals surface area contributed by atoms with Gasteiger partial charge in [-0.3, -0.25) is 9.59 Å². The minimum absolute atomic E-state index is 0.109. The van der Waals surface area contributed by atoms with Crippen molar-refractivity contribution in [2.45, 2.75) is 64.1 Å². The van der Waals surface area contributed by atoms with Crippen LogP contribution in [0.15, 0.2) is 48.6 Å². The number of Topliss-reactive ketones (excluding diaryl/α,β-unsaturated/α-hetero) is 1. The van der Waals surface area contributed by atoms with Crippen LogP contribution in [0.3, 0.4) is 0 Å². The molecular formula is C22H32O5. The zero-order valence-corrected chi connectivity index (χ0v) is 16.0. The number of carboxylic acid groups (broad SMARTS) is 1. The van der Waals surface area contributed by atoms with Gasteiger partial charge in [-0.1, -0.05) is 55.5 Å². The van der Waals surface area contributed by atoms with E-state index < -0.39 is 18.2 Å². The van der Waals surface area contributed by atoms with Crippen LogP contribution in [0, 0.1) is 11.8 Å². The number of aliphatic hydroxyl groups excluding tert-OH is 2. The summed E-state index contributed by atoms with van der Waals surface area (Å²) in [6, 6.07) is 0. The van der Waals surface area contributed by atoms with Crippen molar-refractivity contribution >= 4 is 11.8 Å². The van der Waals surface area contributed by atoms with Crippen LogP contribution >= 0.6 is 0 Å². The van der Waals surface area contributed by atoms with Crippen molar-refractivity contribution in [2.75, 3.05) is 0 Å². The molecule has 0 heterocycles. The number of allylic oxidation sites excluding steroid dienone is 5. The van der Waals surface area contributed by atoms with E-state index in [2.05, 4.69) is 0 Å². The quantitative estimate of drug-likeness (QED) is 0.453. The molecule has 0 saturated heterocycles. The molecule has 1 rings (SSSR count). The molecule has 0 unspecified atom stereocenters. The summed E-state index contributed by atoms with van der Waals surface area (Å²) in [6.07, 6.45) is 17.6. The number of carboxylic acids is 1. The number of rotatable bonds is 12. The Labute approximate surface area is 161 Å². The zero-order valence-electron chi connectivity index (χ0n) is 16.0. The normalized spacial score (nSPS) is 24.9. The third-order valence-electron chi connectivity index (χ3n) is 4.67. The maximum atomic E-state index is 11.8. The van der Waals surface area contributed by atoms with Crippen LogP contribution in [0.5, 0.6) is 0 Å². The molecule has 1 aliphatic carbocycles. The first kappa shape index (κ1) is 23.1. The Balaban J connectivity index is 2.22. The van der Waals surface area contributed by atoms with E-state index in [0.29, 0.717) is 19.3 Å². The standard InChI is InChI=1S/C22H32O5/c1-2-18-19(21(25)16-20(18)24)15-14-17(23)12-10-8-6-4-3-5-7-9-11-13-22(26)27/h3-4,7-10,14-15,17-19,21,23,25H,2,5-6,11-13,16H2,1H3,(H,26,27)/b4-3-,9-7-,10-8-,15-14+/t17-,18+,19-,21-/m1/s1. The predicted octanol–water partition coefficient (Wildman–Crippen LogP) is 3.58. The Morgan fingerprint density at radius 1 is 1.15 bits per heavy atom. The molecule has 1 fully saturated rings. The van der Waals surface area contributed by atoms with E-state index in [1.54, 1.807) is 12.2 Å². The van der Waals surface area contributed by atoms with Crippen LogP contribution in [-0.2, 0) is 9.59 Å². The molecule has 3 N–H and O–H groups in total. The first-order valence-electron chi connectivity index (χ1n) is 9.69. The molecule has 1 aliphatic rings. The van der Waals surface area contributed by atoms with Crippen molar-refractivity contribution in [3.8, 4) is 0 Å². The van der Waals surface area contributed by atoms with Crippen molar-refractivity contribution in [1.82, 2.24) is 0 Å². The fourth-order valence-corrected chi connectivity index (χ4v) is 3.18. The summed E-state index contributed by atoms with van der Waals surface area (Å²) >= 11 is 0. The largest absolute Gasteiger partial charge is 0.481 e. The first-order valence-corrected chi connectivity index (χ1v) is 9.69. The SMILES string of the molecule is CC[C@@H]1C(=O)C[C@@H](O)[C@@H]1/C=C/[C@H](O)C/C=C\C/C=C\C/C=C\CCC(=O)O. The van der Waals surface area contributed by atoms with Crippen molar-refractivity contribution in [1.29, 1.82) is 0 Å². The molecule has 4 atom stereocenters. The molecule has 0 amide bonds. The molecule has 0 radical (unpaired) electrons. The van der Waals surface area contributed by atoms with Gasteiger partial charge < -0.3 is 15.3 Å². The Hall–Kier alpha value is -1.98. The van der Waals surface area contributed by atoms with E-state index in [4.69, 9.17) is 5.11 Å². The van der Waals surface area contributed by atoms with E-state index in [1.807, 2.05) is 43.4 Å². The summed E-state index contributed by atoms with van der Waals surface area (Å²) in [5.74, 6) is -0.997. The number of carbonyl (C=O) groups excluding carboxylic acids is 1. The monoisotopic (exact) mass is 376 g/mol. The molecule has 0 aromatic carbocycles. The Kier molecular flexibility index (Phi) is 11.3. The summed E-state index contributed by atoms with van der Waals surface area (Å²) < 4.78 is 0.